The molecular formula is C37H36ClFN9O3+. The largest absolute Gasteiger partial charge is 0.461 e. The fraction of sp³-hybridized carbons (Fsp3) is 0.378. The Labute approximate surface area is 298 Å². The molecule has 0 N–H and O–H groups in total. The quantitative estimate of drug-likeness (QED) is 0.121. The van der Waals surface area contributed by atoms with Gasteiger partial charge in [-0.05, 0) is 57.1 Å². The number of hydrogen-bond acceptors (Lipinski definition) is 10. The van der Waals surface area contributed by atoms with Crippen molar-refractivity contribution in [2.45, 2.75) is 50.6 Å². The molecule has 0 aliphatic carbocycles. The number of nitrogens with zero attached hydrogens (tertiary/aromatic N) is 9. The summed E-state index contributed by atoms with van der Waals surface area (Å²) in [4.78, 5) is 33.2. The summed E-state index contributed by atoms with van der Waals surface area (Å²) in [5, 5.41) is 16.1. The van der Waals surface area contributed by atoms with E-state index in [9.17, 15) is 10.1 Å². The van der Waals surface area contributed by atoms with Gasteiger partial charge in [-0.2, -0.15) is 20.2 Å². The van der Waals surface area contributed by atoms with Gasteiger partial charge in [0.15, 0.2) is 17.5 Å². The number of ether oxygens (including phenoxy) is 1. The molecule has 1 amide bonds. The van der Waals surface area contributed by atoms with Crippen LogP contribution in [0.4, 0.5) is 10.2 Å². The third-order valence-electron chi connectivity index (χ3n) is 10.4. The topological polar surface area (TPSA) is 128 Å². The molecule has 0 unspecified atom stereocenters. The second-order valence-electron chi connectivity index (χ2n) is 13.4. The van der Waals surface area contributed by atoms with Gasteiger partial charge in [-0.3, -0.25) is 9.69 Å². The van der Waals surface area contributed by atoms with Crippen LogP contribution in [0, 0.1) is 24.2 Å². The van der Waals surface area contributed by atoms with Crippen LogP contribution in [0.2, 0.25) is 5.02 Å². The maximum atomic E-state index is 16.9. The molecule has 0 radical (unpaired) electrons. The Hall–Kier alpha value is -5.19. The van der Waals surface area contributed by atoms with E-state index in [4.69, 9.17) is 30.8 Å². The monoisotopic (exact) mass is 708 g/mol. The zero-order valence-electron chi connectivity index (χ0n) is 28.1. The average molecular weight is 709 g/mol. The molecule has 51 heavy (non-hydrogen) atoms. The first-order valence-electron chi connectivity index (χ1n) is 17.2. The van der Waals surface area contributed by atoms with Crippen molar-refractivity contribution in [1.82, 2.24) is 29.9 Å². The molecule has 260 valence electrons. The first-order chi connectivity index (χ1) is 24.8. The Morgan fingerprint density at radius 1 is 1.14 bits per heavy atom. The lowest BCUT2D eigenvalue weighted by Gasteiger charge is -2.41. The van der Waals surface area contributed by atoms with Crippen LogP contribution in [0.3, 0.4) is 0 Å². The van der Waals surface area contributed by atoms with Crippen molar-refractivity contribution in [1.29, 1.82) is 5.26 Å². The minimum Gasteiger partial charge on any atom is -0.461 e. The smallest absolute Gasteiger partial charge is 0.392 e. The highest BCUT2D eigenvalue weighted by Crippen LogP contribution is 2.39. The molecule has 3 saturated heterocycles. The van der Waals surface area contributed by atoms with Gasteiger partial charge >= 0.3 is 12.0 Å². The number of aryl methyl sites for hydroxylation is 1. The van der Waals surface area contributed by atoms with E-state index in [0.717, 1.165) is 49.5 Å². The van der Waals surface area contributed by atoms with Gasteiger partial charge in [0, 0.05) is 43.9 Å². The van der Waals surface area contributed by atoms with Crippen LogP contribution in [0.15, 0.2) is 59.3 Å². The number of aromatic nitrogens is 5. The number of benzene rings is 2. The number of halogens is 2. The summed E-state index contributed by atoms with van der Waals surface area (Å²) in [6, 6.07) is 14.9. The standard InChI is InChI=1S/C37H36ClFN9O3/c1-24-41-30(51-44-24)10-11-31(49)47-21-20-45(22-26(47)12-16-40)35-27-13-19-48(29-9-3-7-25-6-2-8-28(38)32(25)29)34(39)33(27)42-36(43-35)50-23-37-14-4-17-46(37)18-5-15-37/h2-3,6-11,13,19,26H,4-5,12,14-15,17-18,20-23H2,1H3/q+1/b11-10+/t26-/m0/s1. The highest BCUT2D eigenvalue weighted by Gasteiger charge is 2.45. The van der Waals surface area contributed by atoms with Gasteiger partial charge in [0.05, 0.1) is 39.9 Å². The van der Waals surface area contributed by atoms with E-state index in [1.165, 1.54) is 16.7 Å². The second-order valence-corrected chi connectivity index (χ2v) is 13.8. The summed E-state index contributed by atoms with van der Waals surface area (Å²) >= 11 is 6.65. The average Bonchev–Trinajstić information content (AvgIpc) is 3.86. The molecule has 6 heterocycles. The van der Waals surface area contributed by atoms with Gasteiger partial charge in [0.25, 0.3) is 5.89 Å². The lowest BCUT2D eigenvalue weighted by Crippen LogP contribution is -2.55. The van der Waals surface area contributed by atoms with Crippen molar-refractivity contribution < 1.29 is 23.0 Å². The highest BCUT2D eigenvalue weighted by atomic mass is 35.5. The van der Waals surface area contributed by atoms with E-state index in [2.05, 4.69) is 21.1 Å². The maximum Gasteiger partial charge on any atom is 0.392 e. The predicted molar refractivity (Wildman–Crippen MR) is 188 cm³/mol. The van der Waals surface area contributed by atoms with Crippen LogP contribution in [-0.2, 0) is 4.79 Å². The van der Waals surface area contributed by atoms with Crippen molar-refractivity contribution in [3.05, 3.63) is 77.4 Å². The molecule has 0 saturated carbocycles. The Morgan fingerprint density at radius 2 is 1.94 bits per heavy atom. The lowest BCUT2D eigenvalue weighted by molar-refractivity contribution is -0.624. The normalized spacial score (nSPS) is 18.9. The van der Waals surface area contributed by atoms with E-state index >= 15 is 4.39 Å². The Kier molecular flexibility index (Phi) is 8.73. The Balaban J connectivity index is 1.17. The zero-order chi connectivity index (χ0) is 35.1. The zero-order valence-corrected chi connectivity index (χ0v) is 28.9. The number of nitriles is 1. The molecule has 3 aliphatic heterocycles. The van der Waals surface area contributed by atoms with Crippen LogP contribution in [0.1, 0.15) is 43.8 Å². The van der Waals surface area contributed by atoms with Crippen molar-refractivity contribution in [3.8, 4) is 17.8 Å². The van der Waals surface area contributed by atoms with Crippen LogP contribution >= 0.6 is 11.6 Å². The van der Waals surface area contributed by atoms with Gasteiger partial charge < -0.3 is 19.1 Å². The summed E-state index contributed by atoms with van der Waals surface area (Å²) in [7, 11) is 0. The summed E-state index contributed by atoms with van der Waals surface area (Å²) < 4.78 is 29.9. The molecule has 3 fully saturated rings. The number of fused-ring (bicyclic) bond motifs is 3. The number of carbonyl (C=O) groups excluding carboxylic acids is 1. The third kappa shape index (κ3) is 6.12. The molecule has 3 aliphatic rings. The molecule has 3 aromatic heterocycles. The first kappa shape index (κ1) is 33.0. The lowest BCUT2D eigenvalue weighted by atomic mass is 9.95. The molecule has 0 bridgehead atoms. The van der Waals surface area contributed by atoms with Gasteiger partial charge in [-0.25, -0.2) is 0 Å². The molecule has 14 heteroatoms. The van der Waals surface area contributed by atoms with Gasteiger partial charge in [0.2, 0.25) is 11.6 Å². The van der Waals surface area contributed by atoms with E-state index in [1.54, 1.807) is 30.2 Å². The van der Waals surface area contributed by atoms with Crippen LogP contribution in [-0.4, -0.2) is 86.7 Å². The minimum absolute atomic E-state index is 0.0648. The second kappa shape index (κ2) is 13.5. The van der Waals surface area contributed by atoms with Gasteiger partial charge in [-0.15, -0.1) is 8.96 Å². The summed E-state index contributed by atoms with van der Waals surface area (Å²) in [6.07, 6.45) is 8.90. The molecule has 5 aromatic rings. The molecule has 1 atom stereocenters. The van der Waals surface area contributed by atoms with Crippen LogP contribution in [0.25, 0.3) is 33.4 Å². The van der Waals surface area contributed by atoms with E-state index in [1.807, 2.05) is 35.2 Å². The number of amides is 1. The minimum atomic E-state index is -0.585. The molecule has 2 aromatic carbocycles. The van der Waals surface area contributed by atoms with Crippen LogP contribution in [0.5, 0.6) is 6.01 Å². The number of piperazine rings is 1. The first-order valence-corrected chi connectivity index (χ1v) is 17.6. The van der Waals surface area contributed by atoms with Crippen molar-refractivity contribution in [2.75, 3.05) is 44.2 Å². The predicted octanol–water partition coefficient (Wildman–Crippen LogP) is 5.20. The molecule has 12 nitrogen and oxygen atoms in total. The SMILES string of the molecule is Cc1noc(/C=C/C(=O)N2CCN(c3nc(OCC45CCCN4CCC5)nc4c(F)[n+](-c5cccc6cccc(Cl)c56)ccc34)C[C@@H]2CC#N)n1. The van der Waals surface area contributed by atoms with Crippen molar-refractivity contribution in [2.24, 2.45) is 0 Å². The number of rotatable bonds is 8. The maximum absolute atomic E-state index is 16.9. The number of pyridine rings is 1. The van der Waals surface area contributed by atoms with E-state index in [-0.39, 0.29) is 35.3 Å². The fourth-order valence-electron chi connectivity index (χ4n) is 7.94. The number of anilines is 1. The Bertz CT molecular complexity index is 2200. The van der Waals surface area contributed by atoms with E-state index < -0.39 is 12.0 Å². The van der Waals surface area contributed by atoms with Gasteiger partial charge in [-0.1, -0.05) is 41.0 Å². The molecule has 0 spiro atoms. The van der Waals surface area contributed by atoms with Crippen molar-refractivity contribution in [3.63, 3.8) is 0 Å². The van der Waals surface area contributed by atoms with Gasteiger partial charge in [0.1, 0.15) is 12.4 Å². The third-order valence-corrected chi connectivity index (χ3v) is 10.7. The fourth-order valence-corrected chi connectivity index (χ4v) is 8.22. The van der Waals surface area contributed by atoms with Crippen molar-refractivity contribution >= 4 is 51.1 Å². The Morgan fingerprint density at radius 3 is 2.71 bits per heavy atom. The summed E-state index contributed by atoms with van der Waals surface area (Å²) in [5.41, 5.74) is 0.614. The molecular weight excluding hydrogens is 673 g/mol. The molecule has 8 rings (SSSR count). The number of carbonyl (C=O) groups is 1. The summed E-state index contributed by atoms with van der Waals surface area (Å²) in [6.45, 7) is 5.19. The summed E-state index contributed by atoms with van der Waals surface area (Å²) in [5.74, 6) is 0.305. The van der Waals surface area contributed by atoms with Crippen LogP contribution < -0.4 is 14.2 Å². The number of hydrogen-bond donors (Lipinski definition) is 0. The highest BCUT2D eigenvalue weighted by molar-refractivity contribution is 6.36. The van der Waals surface area contributed by atoms with E-state index in [0.29, 0.717) is 54.0 Å².